The van der Waals surface area contributed by atoms with Crippen LogP contribution in [0.1, 0.15) is 10.4 Å². The first kappa shape index (κ1) is 17.6. The van der Waals surface area contributed by atoms with Gasteiger partial charge in [0.15, 0.2) is 11.5 Å². The number of benzene rings is 1. The second-order valence-corrected chi connectivity index (χ2v) is 6.74. The van der Waals surface area contributed by atoms with E-state index in [0.717, 1.165) is 0 Å². The van der Waals surface area contributed by atoms with Crippen molar-refractivity contribution in [1.82, 2.24) is 14.8 Å². The summed E-state index contributed by atoms with van der Waals surface area (Å²) in [5, 5.41) is 0.346. The van der Waals surface area contributed by atoms with Gasteiger partial charge in [-0.15, -0.1) is 0 Å². The number of carbonyl (C=O) groups excluding carboxylic acids is 2. The second-order valence-electron chi connectivity index (χ2n) is 6.35. The van der Waals surface area contributed by atoms with Crippen LogP contribution in [0.4, 0.5) is 0 Å². The lowest BCUT2D eigenvalue weighted by molar-refractivity contribution is -0.142. The molecular formula is C19H18ClN3O4. The van der Waals surface area contributed by atoms with Crippen molar-refractivity contribution in [3.05, 3.63) is 53.3 Å². The second kappa shape index (κ2) is 7.44. The molecule has 3 heterocycles. The van der Waals surface area contributed by atoms with Crippen molar-refractivity contribution >= 4 is 23.4 Å². The van der Waals surface area contributed by atoms with Crippen LogP contribution in [0.2, 0.25) is 5.15 Å². The zero-order valence-electron chi connectivity index (χ0n) is 14.5. The third kappa shape index (κ3) is 3.68. The molecule has 2 aromatic rings. The van der Waals surface area contributed by atoms with Gasteiger partial charge in [-0.1, -0.05) is 23.7 Å². The fourth-order valence-electron chi connectivity index (χ4n) is 3.16. The van der Waals surface area contributed by atoms with Gasteiger partial charge in [0, 0.05) is 32.4 Å². The summed E-state index contributed by atoms with van der Waals surface area (Å²) in [5.74, 6) is 0.988. The smallest absolute Gasteiger partial charge is 0.267 e. The van der Waals surface area contributed by atoms with Crippen LogP contribution in [0.3, 0.4) is 0 Å². The van der Waals surface area contributed by atoms with Crippen LogP contribution in [0.15, 0.2) is 42.6 Å². The number of nitrogens with zero attached hydrogens (tertiary/aromatic N) is 3. The normalized spacial score (nSPS) is 18.9. The average molecular weight is 388 g/mol. The van der Waals surface area contributed by atoms with E-state index in [1.807, 2.05) is 18.2 Å². The van der Waals surface area contributed by atoms with Crippen molar-refractivity contribution in [1.29, 1.82) is 0 Å². The highest BCUT2D eigenvalue weighted by molar-refractivity contribution is 6.29. The fourth-order valence-corrected chi connectivity index (χ4v) is 3.27. The summed E-state index contributed by atoms with van der Waals surface area (Å²) in [6.45, 7) is 2.00. The lowest BCUT2D eigenvalue weighted by atomic mass is 10.2. The zero-order chi connectivity index (χ0) is 18.8. The molecule has 0 saturated carbocycles. The van der Waals surface area contributed by atoms with Crippen molar-refractivity contribution in [3.8, 4) is 11.5 Å². The number of amides is 2. The molecule has 1 fully saturated rings. The molecule has 2 aliphatic heterocycles. The lowest BCUT2D eigenvalue weighted by Gasteiger charge is -2.37. The van der Waals surface area contributed by atoms with Crippen molar-refractivity contribution < 1.29 is 19.1 Å². The molecule has 2 amide bonds. The van der Waals surface area contributed by atoms with E-state index in [9.17, 15) is 9.59 Å². The number of hydrogen-bond acceptors (Lipinski definition) is 5. The predicted molar refractivity (Wildman–Crippen MR) is 98.1 cm³/mol. The molecule has 2 aliphatic rings. The van der Waals surface area contributed by atoms with Gasteiger partial charge in [-0.05, 0) is 24.3 Å². The minimum atomic E-state index is -0.664. The van der Waals surface area contributed by atoms with Gasteiger partial charge in [-0.25, -0.2) is 4.98 Å². The van der Waals surface area contributed by atoms with E-state index in [-0.39, 0.29) is 18.4 Å². The largest absolute Gasteiger partial charge is 0.485 e. The van der Waals surface area contributed by atoms with Gasteiger partial charge in [-0.3, -0.25) is 9.59 Å². The summed E-state index contributed by atoms with van der Waals surface area (Å²) >= 11 is 5.76. The van der Waals surface area contributed by atoms with Crippen LogP contribution in [-0.2, 0) is 4.79 Å². The monoisotopic (exact) mass is 387 g/mol. The van der Waals surface area contributed by atoms with Crippen LogP contribution in [0, 0.1) is 0 Å². The average Bonchev–Trinajstić information content (AvgIpc) is 2.73. The minimum Gasteiger partial charge on any atom is -0.485 e. The van der Waals surface area contributed by atoms with Crippen LogP contribution < -0.4 is 9.47 Å². The molecular weight excluding hydrogens is 370 g/mol. The van der Waals surface area contributed by atoms with Gasteiger partial charge in [-0.2, -0.15) is 0 Å². The quantitative estimate of drug-likeness (QED) is 0.735. The Hall–Kier alpha value is -2.80. The van der Waals surface area contributed by atoms with E-state index in [2.05, 4.69) is 4.98 Å². The summed E-state index contributed by atoms with van der Waals surface area (Å²) in [4.78, 5) is 32.6. The van der Waals surface area contributed by atoms with Gasteiger partial charge < -0.3 is 19.3 Å². The molecule has 1 atom stereocenters. The van der Waals surface area contributed by atoms with E-state index >= 15 is 0 Å². The number of piperazine rings is 1. The maximum absolute atomic E-state index is 12.7. The standard InChI is InChI=1S/C19H18ClN3O4/c20-17-6-5-13(11-21-17)18(24)22-7-9-23(10-8-22)19(25)16-12-26-14-3-1-2-4-15(14)27-16/h1-6,11,16H,7-10,12H2. The SMILES string of the molecule is O=C(c1ccc(Cl)nc1)N1CCN(C(=O)C2COc3ccccc3O2)CC1. The molecule has 0 N–H and O–H groups in total. The Balaban J connectivity index is 1.34. The zero-order valence-corrected chi connectivity index (χ0v) is 15.3. The molecule has 1 aromatic carbocycles. The maximum Gasteiger partial charge on any atom is 0.267 e. The first-order valence-electron chi connectivity index (χ1n) is 8.70. The molecule has 1 saturated heterocycles. The number of halogens is 1. The topological polar surface area (TPSA) is 72.0 Å². The Labute approximate surface area is 161 Å². The van der Waals surface area contributed by atoms with E-state index < -0.39 is 6.10 Å². The molecule has 7 nitrogen and oxygen atoms in total. The van der Waals surface area contributed by atoms with E-state index in [0.29, 0.717) is 48.4 Å². The predicted octanol–water partition coefficient (Wildman–Crippen LogP) is 1.86. The highest BCUT2D eigenvalue weighted by Crippen LogP contribution is 2.31. The molecule has 27 heavy (non-hydrogen) atoms. The van der Waals surface area contributed by atoms with Gasteiger partial charge in [0.25, 0.3) is 11.8 Å². The van der Waals surface area contributed by atoms with E-state index in [4.69, 9.17) is 21.1 Å². The van der Waals surface area contributed by atoms with Gasteiger partial charge in [0.1, 0.15) is 11.8 Å². The summed E-state index contributed by atoms with van der Waals surface area (Å²) in [6.07, 6.45) is 0.801. The maximum atomic E-state index is 12.7. The summed E-state index contributed by atoms with van der Waals surface area (Å²) in [5.41, 5.74) is 0.486. The number of aromatic nitrogens is 1. The molecule has 0 bridgehead atoms. The third-order valence-corrected chi connectivity index (χ3v) is 4.86. The molecule has 4 rings (SSSR count). The molecule has 0 radical (unpaired) electrons. The molecule has 0 aliphatic carbocycles. The number of para-hydroxylation sites is 2. The fraction of sp³-hybridized carbons (Fsp3) is 0.316. The van der Waals surface area contributed by atoms with Gasteiger partial charge >= 0.3 is 0 Å². The van der Waals surface area contributed by atoms with E-state index in [1.165, 1.54) is 6.20 Å². The number of rotatable bonds is 2. The van der Waals surface area contributed by atoms with Crippen LogP contribution in [0.25, 0.3) is 0 Å². The van der Waals surface area contributed by atoms with Crippen LogP contribution >= 0.6 is 11.6 Å². The first-order valence-corrected chi connectivity index (χ1v) is 9.08. The first-order chi connectivity index (χ1) is 13.1. The highest BCUT2D eigenvalue weighted by atomic mass is 35.5. The number of carbonyl (C=O) groups is 2. The Morgan fingerprint density at radius 2 is 1.70 bits per heavy atom. The third-order valence-electron chi connectivity index (χ3n) is 4.64. The minimum absolute atomic E-state index is 0.113. The van der Waals surface area contributed by atoms with Crippen molar-refractivity contribution in [2.24, 2.45) is 0 Å². The molecule has 8 heteroatoms. The lowest BCUT2D eigenvalue weighted by Crippen LogP contribution is -2.55. The molecule has 0 spiro atoms. The Morgan fingerprint density at radius 1 is 1.00 bits per heavy atom. The van der Waals surface area contributed by atoms with Gasteiger partial charge in [0.2, 0.25) is 6.10 Å². The number of hydrogen-bond donors (Lipinski definition) is 0. The Kier molecular flexibility index (Phi) is 4.85. The van der Waals surface area contributed by atoms with Gasteiger partial charge in [0.05, 0.1) is 5.56 Å². The molecule has 1 aromatic heterocycles. The van der Waals surface area contributed by atoms with Crippen LogP contribution in [0.5, 0.6) is 11.5 Å². The molecule has 140 valence electrons. The van der Waals surface area contributed by atoms with Crippen molar-refractivity contribution in [2.45, 2.75) is 6.10 Å². The summed E-state index contributed by atoms with van der Waals surface area (Å²) in [6, 6.07) is 10.5. The van der Waals surface area contributed by atoms with E-state index in [1.54, 1.807) is 28.0 Å². The summed E-state index contributed by atoms with van der Waals surface area (Å²) in [7, 11) is 0. The van der Waals surface area contributed by atoms with Crippen molar-refractivity contribution in [3.63, 3.8) is 0 Å². The molecule has 1 unspecified atom stereocenters. The van der Waals surface area contributed by atoms with Crippen LogP contribution in [-0.4, -0.2) is 65.5 Å². The number of pyridine rings is 1. The Bertz CT molecular complexity index is 850. The van der Waals surface area contributed by atoms with Crippen molar-refractivity contribution in [2.75, 3.05) is 32.8 Å². The highest BCUT2D eigenvalue weighted by Gasteiger charge is 2.33. The number of ether oxygens (including phenoxy) is 2. The number of fused-ring (bicyclic) bond motifs is 1. The summed E-state index contributed by atoms with van der Waals surface area (Å²) < 4.78 is 11.4. The Morgan fingerprint density at radius 3 is 2.41 bits per heavy atom.